The van der Waals surface area contributed by atoms with Gasteiger partial charge in [-0.1, -0.05) is 37.3 Å². The van der Waals surface area contributed by atoms with Gasteiger partial charge in [0.15, 0.2) is 23.1 Å². The van der Waals surface area contributed by atoms with Crippen molar-refractivity contribution in [2.45, 2.75) is 38.1 Å². The second-order valence-corrected chi connectivity index (χ2v) is 8.78. The molecule has 1 saturated heterocycles. The van der Waals surface area contributed by atoms with E-state index < -0.39 is 23.4 Å². The van der Waals surface area contributed by atoms with E-state index in [1.165, 1.54) is 12.4 Å². The van der Waals surface area contributed by atoms with Crippen molar-refractivity contribution < 1.29 is 23.2 Å². The second kappa shape index (κ2) is 11.7. The zero-order chi connectivity index (χ0) is 26.4. The predicted octanol–water partition coefficient (Wildman–Crippen LogP) is 3.92. The van der Waals surface area contributed by atoms with E-state index in [2.05, 4.69) is 20.6 Å². The topological polar surface area (TPSA) is 104 Å². The molecule has 1 fully saturated rings. The quantitative estimate of drug-likeness (QED) is 0.505. The Morgan fingerprint density at radius 3 is 2.35 bits per heavy atom. The number of piperidine rings is 1. The Morgan fingerprint density at radius 2 is 1.68 bits per heavy atom. The number of amides is 3. The fourth-order valence-electron chi connectivity index (χ4n) is 4.37. The summed E-state index contributed by atoms with van der Waals surface area (Å²) in [6.45, 7) is 3.01. The monoisotopic (exact) mass is 507 g/mol. The highest BCUT2D eigenvalue weighted by molar-refractivity contribution is 6.07. The molecule has 192 valence electrons. The fraction of sp³-hybridized carbons (Fsp3) is 0.296. The van der Waals surface area contributed by atoms with Crippen molar-refractivity contribution in [1.29, 1.82) is 0 Å². The number of carbonyl (C=O) groups is 3. The van der Waals surface area contributed by atoms with E-state index >= 15 is 0 Å². The number of hydrogen-bond acceptors (Lipinski definition) is 5. The van der Waals surface area contributed by atoms with Crippen LogP contribution in [0.3, 0.4) is 0 Å². The molecular formula is C27H27F2N5O3. The van der Waals surface area contributed by atoms with Gasteiger partial charge in [0.05, 0.1) is 5.92 Å². The lowest BCUT2D eigenvalue weighted by molar-refractivity contribution is -0.134. The molecule has 8 nitrogen and oxygen atoms in total. The van der Waals surface area contributed by atoms with Crippen LogP contribution >= 0.6 is 0 Å². The summed E-state index contributed by atoms with van der Waals surface area (Å²) in [5, 5.41) is 5.33. The highest BCUT2D eigenvalue weighted by Crippen LogP contribution is 2.24. The van der Waals surface area contributed by atoms with Crippen LogP contribution in [0.1, 0.15) is 58.5 Å². The number of aromatic nitrogens is 2. The molecule has 10 heteroatoms. The summed E-state index contributed by atoms with van der Waals surface area (Å²) >= 11 is 0. The molecule has 1 atom stereocenters. The first-order chi connectivity index (χ1) is 17.9. The van der Waals surface area contributed by atoms with Crippen molar-refractivity contribution in [3.8, 4) is 0 Å². The number of anilines is 1. The molecule has 2 N–H and O–H groups in total. The van der Waals surface area contributed by atoms with Gasteiger partial charge in [-0.05, 0) is 43.0 Å². The number of likely N-dealkylation sites (tertiary alicyclic amines) is 1. The molecule has 0 spiro atoms. The third-order valence-corrected chi connectivity index (χ3v) is 6.38. The van der Waals surface area contributed by atoms with Crippen molar-refractivity contribution in [3.05, 3.63) is 89.4 Å². The fourth-order valence-corrected chi connectivity index (χ4v) is 4.37. The molecule has 0 saturated carbocycles. The lowest BCUT2D eigenvalue weighted by atomic mass is 9.93. The molecule has 37 heavy (non-hydrogen) atoms. The molecule has 3 aromatic rings. The van der Waals surface area contributed by atoms with Gasteiger partial charge in [-0.3, -0.25) is 14.4 Å². The number of nitrogens with one attached hydrogen (secondary N) is 2. The minimum Gasteiger partial charge on any atom is -0.348 e. The summed E-state index contributed by atoms with van der Waals surface area (Å²) in [6.07, 6.45) is 4.46. The molecule has 0 bridgehead atoms. The Hall–Kier alpha value is -4.21. The molecule has 1 aliphatic heterocycles. The maximum Gasteiger partial charge on any atom is 0.273 e. The van der Waals surface area contributed by atoms with Gasteiger partial charge in [0.25, 0.3) is 11.8 Å². The van der Waals surface area contributed by atoms with Crippen LogP contribution < -0.4 is 10.6 Å². The molecule has 3 amide bonds. The Labute approximate surface area is 213 Å². The first kappa shape index (κ1) is 25.9. The molecule has 4 rings (SSSR count). The average Bonchev–Trinajstić information content (AvgIpc) is 2.92. The summed E-state index contributed by atoms with van der Waals surface area (Å²) < 4.78 is 26.7. The molecular weight excluding hydrogens is 480 g/mol. The van der Waals surface area contributed by atoms with Crippen LogP contribution in [0, 0.1) is 11.6 Å². The summed E-state index contributed by atoms with van der Waals surface area (Å²) in [7, 11) is 0. The smallest absolute Gasteiger partial charge is 0.273 e. The van der Waals surface area contributed by atoms with Gasteiger partial charge in [-0.25, -0.2) is 18.7 Å². The maximum atomic E-state index is 13.5. The molecule has 0 aliphatic carbocycles. The summed E-state index contributed by atoms with van der Waals surface area (Å²) in [6, 6.07) is 12.2. The Bertz CT molecular complexity index is 1280. The van der Waals surface area contributed by atoms with E-state index in [0.29, 0.717) is 32.4 Å². The lowest BCUT2D eigenvalue weighted by Gasteiger charge is -2.34. The number of rotatable bonds is 7. The number of hydrogen-bond donors (Lipinski definition) is 2. The van der Waals surface area contributed by atoms with Crippen LogP contribution in [0.15, 0.2) is 60.9 Å². The van der Waals surface area contributed by atoms with Crippen LogP contribution in [0.4, 0.5) is 14.6 Å². The zero-order valence-electron chi connectivity index (χ0n) is 20.3. The van der Waals surface area contributed by atoms with Gasteiger partial charge < -0.3 is 15.5 Å². The molecule has 1 aromatic heterocycles. The van der Waals surface area contributed by atoms with Crippen molar-refractivity contribution in [3.63, 3.8) is 0 Å². The molecule has 2 aromatic carbocycles. The average molecular weight is 508 g/mol. The molecule has 0 unspecified atom stereocenters. The number of nitrogens with zero attached hydrogens (tertiary/aromatic N) is 3. The Morgan fingerprint density at radius 1 is 0.973 bits per heavy atom. The number of carbonyl (C=O) groups excluding carboxylic acids is 3. The maximum absolute atomic E-state index is 13.5. The highest BCUT2D eigenvalue weighted by atomic mass is 19.2. The number of benzene rings is 2. The third-order valence-electron chi connectivity index (χ3n) is 6.38. The van der Waals surface area contributed by atoms with Crippen molar-refractivity contribution in [1.82, 2.24) is 20.2 Å². The summed E-state index contributed by atoms with van der Waals surface area (Å²) in [5.74, 6) is -3.76. The van der Waals surface area contributed by atoms with E-state index in [-0.39, 0.29) is 34.9 Å². The number of halogens is 2. The summed E-state index contributed by atoms with van der Waals surface area (Å²) in [4.78, 5) is 48.5. The van der Waals surface area contributed by atoms with E-state index in [0.717, 1.165) is 23.8 Å². The standard InChI is InChI=1S/C27H27F2N5O3/c1-2-20(17-6-4-3-5-7-17)27(37)34-14-10-19(11-15-34)32-26(36)23-24(31-13-12-30-23)33-25(35)18-8-9-21(28)22(29)16-18/h3-9,12-13,16,19-20H,2,10-11,14-15H2,1H3,(H,32,36)(H,31,33,35)/t20-/m0/s1. The van der Waals surface area contributed by atoms with Crippen molar-refractivity contribution in [2.24, 2.45) is 0 Å². The van der Waals surface area contributed by atoms with E-state index in [1.807, 2.05) is 42.2 Å². The first-order valence-corrected chi connectivity index (χ1v) is 12.1. The Kier molecular flexibility index (Phi) is 8.17. The van der Waals surface area contributed by atoms with Gasteiger partial charge in [0.2, 0.25) is 5.91 Å². The van der Waals surface area contributed by atoms with Gasteiger partial charge in [-0.15, -0.1) is 0 Å². The van der Waals surface area contributed by atoms with Gasteiger partial charge in [-0.2, -0.15) is 0 Å². The van der Waals surface area contributed by atoms with Crippen LogP contribution in [0.2, 0.25) is 0 Å². The van der Waals surface area contributed by atoms with Crippen molar-refractivity contribution in [2.75, 3.05) is 18.4 Å². The minimum absolute atomic E-state index is 0.0784. The molecule has 1 aliphatic rings. The summed E-state index contributed by atoms with van der Waals surface area (Å²) in [5.41, 5.74) is 0.756. The highest BCUT2D eigenvalue weighted by Gasteiger charge is 2.29. The zero-order valence-corrected chi connectivity index (χ0v) is 20.3. The van der Waals surface area contributed by atoms with E-state index in [1.54, 1.807) is 0 Å². The predicted molar refractivity (Wildman–Crippen MR) is 133 cm³/mol. The van der Waals surface area contributed by atoms with Crippen LogP contribution in [-0.2, 0) is 4.79 Å². The van der Waals surface area contributed by atoms with Crippen molar-refractivity contribution >= 4 is 23.5 Å². The minimum atomic E-state index is -1.16. The van der Waals surface area contributed by atoms with Gasteiger partial charge >= 0.3 is 0 Å². The van der Waals surface area contributed by atoms with E-state index in [9.17, 15) is 23.2 Å². The van der Waals surface area contributed by atoms with Gasteiger partial charge in [0, 0.05) is 37.1 Å². The normalized spacial score (nSPS) is 14.6. The third kappa shape index (κ3) is 6.14. The lowest BCUT2D eigenvalue weighted by Crippen LogP contribution is -2.48. The largest absolute Gasteiger partial charge is 0.348 e. The molecule has 0 radical (unpaired) electrons. The first-order valence-electron chi connectivity index (χ1n) is 12.1. The van der Waals surface area contributed by atoms with Crippen LogP contribution in [0.5, 0.6) is 0 Å². The van der Waals surface area contributed by atoms with E-state index in [4.69, 9.17) is 0 Å². The second-order valence-electron chi connectivity index (χ2n) is 8.78. The van der Waals surface area contributed by atoms with Crippen LogP contribution in [0.25, 0.3) is 0 Å². The van der Waals surface area contributed by atoms with Gasteiger partial charge in [0.1, 0.15) is 0 Å². The SMILES string of the molecule is CC[C@H](C(=O)N1CCC(NC(=O)c2nccnc2NC(=O)c2ccc(F)c(F)c2)CC1)c1ccccc1. The Balaban J connectivity index is 1.36. The molecule has 2 heterocycles. The van der Waals surface area contributed by atoms with Crippen LogP contribution in [-0.4, -0.2) is 51.7 Å².